The van der Waals surface area contributed by atoms with Crippen LogP contribution in [0.5, 0.6) is 0 Å². The molecule has 1 amide bonds. The Kier molecular flexibility index (Phi) is 5.01. The number of aromatic amines is 1. The van der Waals surface area contributed by atoms with E-state index in [1.807, 2.05) is 18.2 Å². The van der Waals surface area contributed by atoms with E-state index in [9.17, 15) is 4.79 Å². The maximum Gasteiger partial charge on any atom is 0.238 e. The van der Waals surface area contributed by atoms with Crippen molar-refractivity contribution in [3.63, 3.8) is 0 Å². The van der Waals surface area contributed by atoms with Gasteiger partial charge in [0, 0.05) is 27.7 Å². The molecule has 6 N–H and O–H groups in total. The number of nitrogens with one attached hydrogen (secondary N) is 4. The SMILES string of the molecule is NCC(=O)Nc1ccc2c(c1)c1c(c3ccccc32)NC(c2c(-c3ccccc3)[nH]c3c2CCC=C3)N1. The number of amides is 1. The Bertz CT molecular complexity index is 1720. The van der Waals surface area contributed by atoms with Crippen molar-refractivity contribution in [2.75, 3.05) is 22.5 Å². The van der Waals surface area contributed by atoms with Crippen molar-refractivity contribution in [3.05, 3.63) is 95.7 Å². The summed E-state index contributed by atoms with van der Waals surface area (Å²) in [7, 11) is 0. The molecule has 6 nitrogen and oxygen atoms in total. The second-order valence-electron chi connectivity index (χ2n) is 9.64. The van der Waals surface area contributed by atoms with Gasteiger partial charge in [0.25, 0.3) is 0 Å². The van der Waals surface area contributed by atoms with Crippen LogP contribution in [0, 0.1) is 0 Å². The van der Waals surface area contributed by atoms with Crippen LogP contribution in [-0.2, 0) is 11.2 Å². The van der Waals surface area contributed by atoms with Crippen LogP contribution in [-0.4, -0.2) is 17.4 Å². The highest BCUT2D eigenvalue weighted by molar-refractivity contribution is 6.22. The van der Waals surface area contributed by atoms with Gasteiger partial charge >= 0.3 is 0 Å². The van der Waals surface area contributed by atoms with Crippen LogP contribution in [0.2, 0.25) is 0 Å². The molecule has 0 fully saturated rings. The van der Waals surface area contributed by atoms with Crippen LogP contribution in [0.15, 0.2) is 78.9 Å². The minimum absolute atomic E-state index is 0.0505. The molecule has 0 spiro atoms. The first kappa shape index (κ1) is 21.7. The Morgan fingerprint density at radius 2 is 1.62 bits per heavy atom. The third-order valence-corrected chi connectivity index (χ3v) is 7.45. The van der Waals surface area contributed by atoms with Gasteiger partial charge in [-0.15, -0.1) is 0 Å². The lowest BCUT2D eigenvalue weighted by atomic mass is 9.95. The van der Waals surface area contributed by atoms with E-state index >= 15 is 0 Å². The summed E-state index contributed by atoms with van der Waals surface area (Å²) in [6, 6.07) is 25.1. The van der Waals surface area contributed by atoms with Crippen molar-refractivity contribution in [3.8, 4) is 11.3 Å². The fourth-order valence-electron chi connectivity index (χ4n) is 5.81. The van der Waals surface area contributed by atoms with Crippen molar-refractivity contribution in [1.82, 2.24) is 4.98 Å². The summed E-state index contributed by atoms with van der Waals surface area (Å²) in [5, 5.41) is 15.1. The number of hydrogen-bond acceptors (Lipinski definition) is 4. The molecule has 182 valence electrons. The van der Waals surface area contributed by atoms with Gasteiger partial charge in [-0.3, -0.25) is 4.79 Å². The molecule has 37 heavy (non-hydrogen) atoms. The average molecular weight is 486 g/mol. The molecule has 1 atom stereocenters. The summed E-state index contributed by atoms with van der Waals surface area (Å²) in [5.41, 5.74) is 14.5. The lowest BCUT2D eigenvalue weighted by Gasteiger charge is -2.18. The molecular weight excluding hydrogens is 458 g/mol. The van der Waals surface area contributed by atoms with Crippen LogP contribution in [0.4, 0.5) is 17.1 Å². The van der Waals surface area contributed by atoms with Gasteiger partial charge in [-0.05, 0) is 52.9 Å². The molecule has 2 heterocycles. The van der Waals surface area contributed by atoms with Crippen molar-refractivity contribution >= 4 is 50.6 Å². The number of anilines is 3. The summed E-state index contributed by atoms with van der Waals surface area (Å²) < 4.78 is 0. The lowest BCUT2D eigenvalue weighted by Crippen LogP contribution is -2.21. The second kappa shape index (κ2) is 8.54. The zero-order chi connectivity index (χ0) is 24.9. The minimum atomic E-state index is -0.208. The molecule has 0 bridgehead atoms. The van der Waals surface area contributed by atoms with Gasteiger partial charge in [-0.1, -0.05) is 66.7 Å². The molecule has 7 rings (SSSR count). The molecule has 4 aromatic carbocycles. The zero-order valence-corrected chi connectivity index (χ0v) is 20.3. The van der Waals surface area contributed by atoms with Gasteiger partial charge in [0.15, 0.2) is 0 Å². The topological polar surface area (TPSA) is 95.0 Å². The molecule has 1 unspecified atom stereocenters. The molecule has 0 saturated heterocycles. The van der Waals surface area contributed by atoms with Gasteiger partial charge in [-0.2, -0.15) is 0 Å². The zero-order valence-electron chi connectivity index (χ0n) is 20.3. The fraction of sp³-hybridized carbons (Fsp3) is 0.129. The predicted molar refractivity (Wildman–Crippen MR) is 153 cm³/mol. The van der Waals surface area contributed by atoms with Crippen LogP contribution >= 0.6 is 0 Å². The number of carbonyl (C=O) groups is 1. The van der Waals surface area contributed by atoms with Crippen LogP contribution < -0.4 is 21.7 Å². The van der Waals surface area contributed by atoms with Gasteiger partial charge in [-0.25, -0.2) is 0 Å². The van der Waals surface area contributed by atoms with Crippen LogP contribution in [0.1, 0.15) is 29.4 Å². The Balaban J connectivity index is 1.42. The number of H-pyrrole nitrogens is 1. The molecule has 1 aliphatic carbocycles. The Morgan fingerprint density at radius 3 is 2.43 bits per heavy atom. The third-order valence-electron chi connectivity index (χ3n) is 7.45. The van der Waals surface area contributed by atoms with Crippen molar-refractivity contribution in [2.45, 2.75) is 19.0 Å². The van der Waals surface area contributed by atoms with Crippen molar-refractivity contribution < 1.29 is 4.79 Å². The largest absolute Gasteiger partial charge is 0.359 e. The molecule has 1 aromatic heterocycles. The number of rotatable bonds is 4. The molecule has 5 aromatic rings. The maximum atomic E-state index is 12.0. The summed E-state index contributed by atoms with van der Waals surface area (Å²) in [6.07, 6.45) is 6.36. The summed E-state index contributed by atoms with van der Waals surface area (Å²) in [6.45, 7) is -0.0505. The number of fused-ring (bicyclic) bond motifs is 7. The van der Waals surface area contributed by atoms with E-state index in [2.05, 4.69) is 87.7 Å². The number of hydrogen-bond donors (Lipinski definition) is 5. The van der Waals surface area contributed by atoms with E-state index in [4.69, 9.17) is 5.73 Å². The number of benzene rings is 4. The van der Waals surface area contributed by atoms with Crippen molar-refractivity contribution in [1.29, 1.82) is 0 Å². The fourth-order valence-corrected chi connectivity index (χ4v) is 5.81. The molecule has 2 aliphatic rings. The Labute approximate surface area is 214 Å². The van der Waals surface area contributed by atoms with E-state index < -0.39 is 0 Å². The van der Waals surface area contributed by atoms with Crippen LogP contribution in [0.3, 0.4) is 0 Å². The number of nitrogens with two attached hydrogens (primary N) is 1. The van der Waals surface area contributed by atoms with Crippen LogP contribution in [0.25, 0.3) is 38.9 Å². The molecule has 6 heteroatoms. The van der Waals surface area contributed by atoms with E-state index in [0.717, 1.165) is 46.4 Å². The summed E-state index contributed by atoms with van der Waals surface area (Å²) in [5.74, 6) is -0.208. The summed E-state index contributed by atoms with van der Waals surface area (Å²) >= 11 is 0. The van der Waals surface area contributed by atoms with E-state index in [1.54, 1.807) is 0 Å². The van der Waals surface area contributed by atoms with Gasteiger partial charge in [0.1, 0.15) is 6.17 Å². The van der Waals surface area contributed by atoms with E-state index in [-0.39, 0.29) is 18.6 Å². The normalized spacial score (nSPS) is 15.8. The van der Waals surface area contributed by atoms with Gasteiger partial charge in [0.05, 0.1) is 23.6 Å². The third kappa shape index (κ3) is 3.49. The molecule has 0 saturated carbocycles. The highest BCUT2D eigenvalue weighted by Crippen LogP contribution is 2.49. The first-order valence-electron chi connectivity index (χ1n) is 12.7. The number of carbonyl (C=O) groups excluding carboxylic acids is 1. The summed E-state index contributed by atoms with van der Waals surface area (Å²) in [4.78, 5) is 15.7. The molecule has 0 radical (unpaired) electrons. The highest BCUT2D eigenvalue weighted by Gasteiger charge is 2.32. The maximum absolute atomic E-state index is 12.0. The lowest BCUT2D eigenvalue weighted by molar-refractivity contribution is -0.114. The number of allylic oxidation sites excluding steroid dienone is 1. The first-order chi connectivity index (χ1) is 18.2. The second-order valence-corrected chi connectivity index (χ2v) is 9.64. The van der Waals surface area contributed by atoms with Crippen molar-refractivity contribution in [2.24, 2.45) is 5.73 Å². The van der Waals surface area contributed by atoms with Gasteiger partial charge < -0.3 is 26.7 Å². The van der Waals surface area contributed by atoms with E-state index in [0.29, 0.717) is 0 Å². The standard InChI is InChI=1S/C31H27N5O/c32-17-26(37)33-19-14-15-21-20-10-4-5-11-22(20)29-30(24(21)16-19)36-31(35-29)27-23-12-6-7-13-25(23)34-28(27)18-8-2-1-3-9-18/h1-5,7-11,13-16,31,34-36H,6,12,17,32H2,(H,33,37). The molecular formula is C31H27N5O. The average Bonchev–Trinajstić information content (AvgIpc) is 3.56. The highest BCUT2D eigenvalue weighted by atomic mass is 16.1. The van der Waals surface area contributed by atoms with E-state index in [1.165, 1.54) is 33.2 Å². The Hall–Kier alpha value is -4.55. The minimum Gasteiger partial charge on any atom is -0.359 e. The smallest absolute Gasteiger partial charge is 0.238 e. The quantitative estimate of drug-likeness (QED) is 0.191. The monoisotopic (exact) mass is 485 g/mol. The number of aromatic nitrogens is 1. The first-order valence-corrected chi connectivity index (χ1v) is 12.7. The molecule has 1 aliphatic heterocycles. The Morgan fingerprint density at radius 1 is 0.892 bits per heavy atom. The predicted octanol–water partition coefficient (Wildman–Crippen LogP) is 6.38. The van der Waals surface area contributed by atoms with Gasteiger partial charge in [0.2, 0.25) is 5.91 Å².